The van der Waals surface area contributed by atoms with Crippen LogP contribution in [0.15, 0.2) is 22.8 Å². The molecule has 0 aromatic carbocycles. The molecular weight excluding hydrogens is 216 g/mol. The van der Waals surface area contributed by atoms with Crippen LogP contribution in [0.4, 0.5) is 0 Å². The quantitative estimate of drug-likeness (QED) is 0.775. The highest BCUT2D eigenvalue weighted by atomic mass is 79.9. The lowest BCUT2D eigenvalue weighted by Gasteiger charge is -2.05. The van der Waals surface area contributed by atoms with Crippen molar-refractivity contribution in [2.75, 3.05) is 0 Å². The first-order valence-corrected chi connectivity index (χ1v) is 4.51. The van der Waals surface area contributed by atoms with E-state index in [2.05, 4.69) is 27.0 Å². The zero-order chi connectivity index (χ0) is 8.97. The topological polar surface area (TPSA) is 36.7 Å². The first kappa shape index (κ1) is 9.21. The number of rotatable bonds is 2. The van der Waals surface area contributed by atoms with Crippen LogP contribution in [0.3, 0.4) is 0 Å². The molecule has 0 saturated heterocycles. The summed E-state index contributed by atoms with van der Waals surface area (Å²) in [7, 11) is 0. The molecule has 0 radical (unpaired) electrons. The molecule has 1 heterocycles. The Morgan fingerprint density at radius 1 is 1.75 bits per heavy atom. The lowest BCUT2D eigenvalue weighted by atomic mass is 10.0. The molecule has 0 bridgehead atoms. The lowest BCUT2D eigenvalue weighted by molar-refractivity contribution is 0.756. The maximum Gasteiger partial charge on any atom is 0.0628 e. The van der Waals surface area contributed by atoms with Gasteiger partial charge in [0.05, 0.1) is 6.07 Å². The lowest BCUT2D eigenvalue weighted by Crippen LogP contribution is -1.94. The minimum absolute atomic E-state index is 0.215. The smallest absolute Gasteiger partial charge is 0.0628 e. The van der Waals surface area contributed by atoms with Crippen LogP contribution in [0, 0.1) is 11.3 Å². The van der Waals surface area contributed by atoms with Crippen LogP contribution in [-0.4, -0.2) is 4.98 Å². The van der Waals surface area contributed by atoms with E-state index in [9.17, 15) is 0 Å². The predicted octanol–water partition coefficient (Wildman–Crippen LogP) is 2.86. The third-order valence-corrected chi connectivity index (χ3v) is 2.14. The maximum atomic E-state index is 8.48. The number of halogens is 1. The molecule has 0 N–H and O–H groups in total. The van der Waals surface area contributed by atoms with Gasteiger partial charge in [0.1, 0.15) is 0 Å². The van der Waals surface area contributed by atoms with Gasteiger partial charge >= 0.3 is 0 Å². The highest BCUT2D eigenvalue weighted by molar-refractivity contribution is 9.10. The van der Waals surface area contributed by atoms with Crippen LogP contribution >= 0.6 is 15.9 Å². The Hall–Kier alpha value is -0.880. The van der Waals surface area contributed by atoms with Crippen molar-refractivity contribution in [3.05, 3.63) is 28.5 Å². The van der Waals surface area contributed by atoms with Crippen molar-refractivity contribution < 1.29 is 0 Å². The van der Waals surface area contributed by atoms with Gasteiger partial charge in [0, 0.05) is 28.7 Å². The minimum Gasteiger partial charge on any atom is -0.261 e. The summed E-state index contributed by atoms with van der Waals surface area (Å²) in [5.41, 5.74) is 0.964. The van der Waals surface area contributed by atoms with Crippen molar-refractivity contribution in [1.29, 1.82) is 5.26 Å². The first-order chi connectivity index (χ1) is 5.74. The van der Waals surface area contributed by atoms with Gasteiger partial charge in [0.15, 0.2) is 0 Å². The largest absolute Gasteiger partial charge is 0.261 e. The molecule has 12 heavy (non-hydrogen) atoms. The van der Waals surface area contributed by atoms with Gasteiger partial charge in [-0.2, -0.15) is 5.26 Å². The van der Waals surface area contributed by atoms with Crippen molar-refractivity contribution in [2.45, 2.75) is 19.3 Å². The van der Waals surface area contributed by atoms with E-state index < -0.39 is 0 Å². The molecule has 0 aliphatic heterocycles. The Balaban J connectivity index is 2.82. The van der Waals surface area contributed by atoms with E-state index in [1.165, 1.54) is 0 Å². The summed E-state index contributed by atoms with van der Waals surface area (Å²) in [6.45, 7) is 2.00. The number of pyridine rings is 1. The van der Waals surface area contributed by atoms with Crippen LogP contribution < -0.4 is 0 Å². The van der Waals surface area contributed by atoms with Gasteiger partial charge in [-0.3, -0.25) is 4.98 Å². The van der Waals surface area contributed by atoms with Crippen molar-refractivity contribution in [3.8, 4) is 6.07 Å². The number of hydrogen-bond acceptors (Lipinski definition) is 2. The van der Waals surface area contributed by atoms with E-state index in [0.29, 0.717) is 6.42 Å². The summed E-state index contributed by atoms with van der Waals surface area (Å²) in [6.07, 6.45) is 2.26. The second-order valence-electron chi connectivity index (χ2n) is 2.66. The minimum atomic E-state index is 0.215. The van der Waals surface area contributed by atoms with Crippen LogP contribution in [0.25, 0.3) is 0 Å². The van der Waals surface area contributed by atoms with Gasteiger partial charge in [0.25, 0.3) is 0 Å². The van der Waals surface area contributed by atoms with Crippen LogP contribution in [0.1, 0.15) is 25.0 Å². The molecule has 0 amide bonds. The molecule has 0 aliphatic rings. The van der Waals surface area contributed by atoms with E-state index in [1.807, 2.05) is 19.1 Å². The monoisotopic (exact) mass is 224 g/mol. The van der Waals surface area contributed by atoms with E-state index in [0.717, 1.165) is 10.2 Å². The van der Waals surface area contributed by atoms with Crippen LogP contribution in [-0.2, 0) is 0 Å². The molecule has 0 saturated carbocycles. The number of nitriles is 1. The van der Waals surface area contributed by atoms with Crippen molar-refractivity contribution in [2.24, 2.45) is 0 Å². The van der Waals surface area contributed by atoms with Gasteiger partial charge in [-0.05, 0) is 12.1 Å². The summed E-state index contributed by atoms with van der Waals surface area (Å²) < 4.78 is 1.01. The Kier molecular flexibility index (Phi) is 3.24. The van der Waals surface area contributed by atoms with Crippen LogP contribution in [0.2, 0.25) is 0 Å². The molecule has 0 fully saturated rings. The first-order valence-electron chi connectivity index (χ1n) is 3.72. The van der Waals surface area contributed by atoms with Gasteiger partial charge in [-0.1, -0.05) is 22.9 Å². The SMILES string of the molecule is CC(CC#N)c1cc(Br)ccn1. The summed E-state index contributed by atoms with van der Waals surface area (Å²) in [4.78, 5) is 4.18. The van der Waals surface area contributed by atoms with Crippen molar-refractivity contribution in [3.63, 3.8) is 0 Å². The highest BCUT2D eigenvalue weighted by Gasteiger charge is 2.05. The Morgan fingerprint density at radius 2 is 2.50 bits per heavy atom. The summed E-state index contributed by atoms with van der Waals surface area (Å²) in [6, 6.07) is 5.95. The Labute approximate surface area is 80.4 Å². The summed E-state index contributed by atoms with van der Waals surface area (Å²) in [5.74, 6) is 0.215. The fraction of sp³-hybridized carbons (Fsp3) is 0.333. The molecule has 0 spiro atoms. The molecule has 0 aliphatic carbocycles. The van der Waals surface area contributed by atoms with Gasteiger partial charge in [-0.15, -0.1) is 0 Å². The molecule has 1 atom stereocenters. The van der Waals surface area contributed by atoms with Crippen molar-refractivity contribution >= 4 is 15.9 Å². The number of hydrogen-bond donors (Lipinski definition) is 0. The summed E-state index contributed by atoms with van der Waals surface area (Å²) >= 11 is 3.36. The highest BCUT2D eigenvalue weighted by Crippen LogP contribution is 2.19. The zero-order valence-corrected chi connectivity index (χ0v) is 8.37. The van der Waals surface area contributed by atoms with Crippen molar-refractivity contribution in [1.82, 2.24) is 4.98 Å². The van der Waals surface area contributed by atoms with Gasteiger partial charge < -0.3 is 0 Å². The van der Waals surface area contributed by atoms with E-state index in [4.69, 9.17) is 5.26 Å². The Morgan fingerprint density at radius 3 is 3.08 bits per heavy atom. The molecule has 1 rings (SSSR count). The molecule has 62 valence electrons. The fourth-order valence-corrected chi connectivity index (χ4v) is 1.28. The average Bonchev–Trinajstić information content (AvgIpc) is 2.05. The molecular formula is C9H9BrN2. The molecule has 3 heteroatoms. The molecule has 1 aromatic rings. The Bertz CT molecular complexity index is 304. The molecule has 2 nitrogen and oxygen atoms in total. The second-order valence-corrected chi connectivity index (χ2v) is 3.58. The molecule has 1 aromatic heterocycles. The van der Waals surface area contributed by atoms with E-state index in [-0.39, 0.29) is 5.92 Å². The number of nitrogens with zero attached hydrogens (tertiary/aromatic N) is 2. The van der Waals surface area contributed by atoms with Crippen LogP contribution in [0.5, 0.6) is 0 Å². The van der Waals surface area contributed by atoms with E-state index >= 15 is 0 Å². The fourth-order valence-electron chi connectivity index (χ4n) is 0.932. The third kappa shape index (κ3) is 2.31. The third-order valence-electron chi connectivity index (χ3n) is 1.65. The standard InChI is InChI=1S/C9H9BrN2/c1-7(2-4-11)9-6-8(10)3-5-12-9/h3,5-7H,2H2,1H3. The maximum absolute atomic E-state index is 8.48. The normalized spacial score (nSPS) is 12.1. The van der Waals surface area contributed by atoms with E-state index in [1.54, 1.807) is 6.20 Å². The second kappa shape index (κ2) is 4.22. The molecule has 1 unspecified atom stereocenters. The van der Waals surface area contributed by atoms with Gasteiger partial charge in [-0.25, -0.2) is 0 Å². The zero-order valence-electron chi connectivity index (χ0n) is 6.79. The van der Waals surface area contributed by atoms with Gasteiger partial charge in [0.2, 0.25) is 0 Å². The summed E-state index contributed by atoms with van der Waals surface area (Å²) in [5, 5.41) is 8.48. The number of aromatic nitrogens is 1. The predicted molar refractivity (Wildman–Crippen MR) is 50.6 cm³/mol. The average molecular weight is 225 g/mol.